The van der Waals surface area contributed by atoms with Gasteiger partial charge in [0.15, 0.2) is 9.84 Å². The van der Waals surface area contributed by atoms with Crippen molar-refractivity contribution in [3.8, 4) is 0 Å². The van der Waals surface area contributed by atoms with Gasteiger partial charge in [-0.25, -0.2) is 8.42 Å². The first-order chi connectivity index (χ1) is 8.37. The molecule has 1 fully saturated rings. The monoisotopic (exact) mass is 275 g/mol. The third-order valence-electron chi connectivity index (χ3n) is 3.84. The van der Waals surface area contributed by atoms with Crippen molar-refractivity contribution >= 4 is 9.84 Å². The van der Waals surface area contributed by atoms with E-state index in [0.29, 0.717) is 17.5 Å². The minimum atomic E-state index is -2.79. The summed E-state index contributed by atoms with van der Waals surface area (Å²) in [6.45, 7) is 6.45. The predicted molar refractivity (Wildman–Crippen MR) is 77.6 cm³/mol. The van der Waals surface area contributed by atoms with Gasteiger partial charge in [0.25, 0.3) is 0 Å². The molecule has 0 aromatic carbocycles. The fourth-order valence-electron chi connectivity index (χ4n) is 2.85. The van der Waals surface area contributed by atoms with Crippen LogP contribution in [0.4, 0.5) is 0 Å². The molecule has 1 rings (SSSR count). The van der Waals surface area contributed by atoms with Crippen molar-refractivity contribution in [1.82, 2.24) is 5.32 Å². The maximum absolute atomic E-state index is 11.5. The number of hydrogen-bond donors (Lipinski definition) is 1. The summed E-state index contributed by atoms with van der Waals surface area (Å²) < 4.78 is 23.0. The van der Waals surface area contributed by atoms with Crippen LogP contribution in [0.15, 0.2) is 0 Å². The highest BCUT2D eigenvalue weighted by Crippen LogP contribution is 2.24. The van der Waals surface area contributed by atoms with Crippen molar-refractivity contribution in [2.75, 3.05) is 11.5 Å². The number of hydrogen-bond acceptors (Lipinski definition) is 3. The molecule has 1 aliphatic heterocycles. The molecule has 1 heterocycles. The van der Waals surface area contributed by atoms with Crippen LogP contribution in [0.3, 0.4) is 0 Å². The van der Waals surface area contributed by atoms with Crippen LogP contribution in [-0.4, -0.2) is 31.5 Å². The van der Waals surface area contributed by atoms with Crippen molar-refractivity contribution in [3.05, 3.63) is 0 Å². The van der Waals surface area contributed by atoms with Gasteiger partial charge in [0.1, 0.15) is 0 Å². The molecule has 0 radical (unpaired) electrons. The normalized spacial score (nSPS) is 28.4. The van der Waals surface area contributed by atoms with Gasteiger partial charge in [-0.2, -0.15) is 0 Å². The Morgan fingerprint density at radius 2 is 1.89 bits per heavy atom. The van der Waals surface area contributed by atoms with E-state index < -0.39 is 9.84 Å². The topological polar surface area (TPSA) is 46.2 Å². The van der Waals surface area contributed by atoms with E-state index in [2.05, 4.69) is 19.2 Å². The largest absolute Gasteiger partial charge is 0.308 e. The zero-order valence-electron chi connectivity index (χ0n) is 12.2. The van der Waals surface area contributed by atoms with Gasteiger partial charge in [0, 0.05) is 11.6 Å². The van der Waals surface area contributed by atoms with Crippen LogP contribution in [0.2, 0.25) is 0 Å². The first kappa shape index (κ1) is 16.0. The lowest BCUT2D eigenvalue weighted by molar-refractivity contribution is 0.334. The molecule has 0 aromatic rings. The fraction of sp³-hybridized carbons (Fsp3) is 1.00. The highest BCUT2D eigenvalue weighted by molar-refractivity contribution is 7.91. The SMILES string of the molecule is CCCCCCCC(C)NC1(C)CCS(=O)(=O)C1. The third-order valence-corrected chi connectivity index (χ3v) is 5.74. The summed E-state index contributed by atoms with van der Waals surface area (Å²) in [5, 5.41) is 3.52. The van der Waals surface area contributed by atoms with Gasteiger partial charge < -0.3 is 5.32 Å². The maximum atomic E-state index is 11.5. The second kappa shape index (κ2) is 6.90. The molecule has 2 atom stereocenters. The molecule has 0 spiro atoms. The molecule has 1 saturated heterocycles. The van der Waals surface area contributed by atoms with Crippen molar-refractivity contribution in [1.29, 1.82) is 0 Å². The van der Waals surface area contributed by atoms with Gasteiger partial charge in [-0.15, -0.1) is 0 Å². The summed E-state index contributed by atoms with van der Waals surface area (Å²) in [5.74, 6) is 0.653. The summed E-state index contributed by atoms with van der Waals surface area (Å²) in [6.07, 6.45) is 8.40. The van der Waals surface area contributed by atoms with Crippen LogP contribution in [0, 0.1) is 0 Å². The van der Waals surface area contributed by atoms with E-state index in [1.54, 1.807) is 0 Å². The zero-order valence-corrected chi connectivity index (χ0v) is 13.0. The van der Waals surface area contributed by atoms with Crippen molar-refractivity contribution in [2.45, 2.75) is 77.3 Å². The second-order valence-corrected chi connectivity index (χ2v) is 8.34. The fourth-order valence-corrected chi connectivity index (χ4v) is 4.95. The van der Waals surface area contributed by atoms with Gasteiger partial charge in [0.2, 0.25) is 0 Å². The first-order valence-corrected chi connectivity index (χ1v) is 9.17. The standard InChI is InChI=1S/C14H29NO2S/c1-4-5-6-7-8-9-13(2)15-14(3)10-11-18(16,17)12-14/h13,15H,4-12H2,1-3H3. The Morgan fingerprint density at radius 3 is 2.44 bits per heavy atom. The molecular weight excluding hydrogens is 246 g/mol. The molecule has 2 unspecified atom stereocenters. The molecule has 18 heavy (non-hydrogen) atoms. The minimum Gasteiger partial charge on any atom is -0.308 e. The molecule has 1 N–H and O–H groups in total. The van der Waals surface area contributed by atoms with Gasteiger partial charge in [-0.3, -0.25) is 0 Å². The Bertz CT molecular complexity index is 340. The van der Waals surface area contributed by atoms with Crippen LogP contribution in [0.25, 0.3) is 0 Å². The van der Waals surface area contributed by atoms with Crippen LogP contribution < -0.4 is 5.32 Å². The minimum absolute atomic E-state index is 0.193. The Balaban J connectivity index is 2.22. The number of sulfone groups is 1. The molecule has 4 heteroatoms. The summed E-state index contributed by atoms with van der Waals surface area (Å²) in [6, 6.07) is 0.421. The molecular formula is C14H29NO2S. The van der Waals surface area contributed by atoms with E-state index >= 15 is 0 Å². The summed E-state index contributed by atoms with van der Waals surface area (Å²) in [4.78, 5) is 0. The van der Waals surface area contributed by atoms with Crippen molar-refractivity contribution in [2.24, 2.45) is 0 Å². The van der Waals surface area contributed by atoms with Crippen molar-refractivity contribution < 1.29 is 8.42 Å². The molecule has 3 nitrogen and oxygen atoms in total. The van der Waals surface area contributed by atoms with E-state index in [0.717, 1.165) is 12.8 Å². The molecule has 0 saturated carbocycles. The average molecular weight is 275 g/mol. The molecule has 108 valence electrons. The van der Waals surface area contributed by atoms with E-state index in [9.17, 15) is 8.42 Å². The molecule has 0 aromatic heterocycles. The first-order valence-electron chi connectivity index (χ1n) is 7.35. The number of unbranched alkanes of at least 4 members (excludes halogenated alkanes) is 4. The van der Waals surface area contributed by atoms with Gasteiger partial charge >= 0.3 is 0 Å². The van der Waals surface area contributed by atoms with E-state index in [1.165, 1.54) is 32.1 Å². The summed E-state index contributed by atoms with van der Waals surface area (Å²) in [5.41, 5.74) is -0.193. The third kappa shape index (κ3) is 5.70. The molecule has 0 amide bonds. The van der Waals surface area contributed by atoms with Gasteiger partial charge in [0.05, 0.1) is 11.5 Å². The maximum Gasteiger partial charge on any atom is 0.152 e. The average Bonchev–Trinajstić information content (AvgIpc) is 2.52. The number of rotatable bonds is 8. The Kier molecular flexibility index (Phi) is 6.12. The zero-order chi connectivity index (χ0) is 13.6. The Morgan fingerprint density at radius 1 is 1.22 bits per heavy atom. The highest BCUT2D eigenvalue weighted by Gasteiger charge is 2.38. The van der Waals surface area contributed by atoms with Crippen LogP contribution in [0.5, 0.6) is 0 Å². The lowest BCUT2D eigenvalue weighted by Gasteiger charge is -2.28. The van der Waals surface area contributed by atoms with Crippen LogP contribution in [0.1, 0.15) is 65.7 Å². The van der Waals surface area contributed by atoms with Gasteiger partial charge in [-0.05, 0) is 26.7 Å². The predicted octanol–water partition coefficient (Wildman–Crippen LogP) is 2.90. The lowest BCUT2D eigenvalue weighted by Crippen LogP contribution is -2.48. The second-order valence-electron chi connectivity index (χ2n) is 6.15. The highest BCUT2D eigenvalue weighted by atomic mass is 32.2. The molecule has 0 aliphatic carbocycles. The van der Waals surface area contributed by atoms with Crippen LogP contribution >= 0.6 is 0 Å². The quantitative estimate of drug-likeness (QED) is 0.693. The van der Waals surface area contributed by atoms with Crippen LogP contribution in [-0.2, 0) is 9.84 Å². The summed E-state index contributed by atoms with van der Waals surface area (Å²) >= 11 is 0. The molecule has 0 bridgehead atoms. The Labute approximate surface area is 113 Å². The Hall–Kier alpha value is -0.0900. The molecule has 1 aliphatic rings. The van der Waals surface area contributed by atoms with Gasteiger partial charge in [-0.1, -0.05) is 39.0 Å². The summed E-state index contributed by atoms with van der Waals surface area (Å²) in [7, 11) is -2.79. The van der Waals surface area contributed by atoms with E-state index in [-0.39, 0.29) is 5.54 Å². The lowest BCUT2D eigenvalue weighted by atomic mass is 9.99. The van der Waals surface area contributed by atoms with Crippen molar-refractivity contribution in [3.63, 3.8) is 0 Å². The van der Waals surface area contributed by atoms with E-state index in [1.807, 2.05) is 6.92 Å². The smallest absolute Gasteiger partial charge is 0.152 e. The van der Waals surface area contributed by atoms with E-state index in [4.69, 9.17) is 0 Å². The number of nitrogens with one attached hydrogen (secondary N) is 1.